The molecule has 0 bridgehead atoms. The minimum absolute atomic E-state index is 0. The average Bonchev–Trinajstić information content (AvgIpc) is 2.61. The topological polar surface area (TPSA) is 3.24 Å². The molecule has 1 heterocycles. The van der Waals surface area contributed by atoms with E-state index >= 15 is 0 Å². The second kappa shape index (κ2) is 6.57. The molecule has 0 unspecified atom stereocenters. The van der Waals surface area contributed by atoms with Crippen molar-refractivity contribution in [1.29, 1.82) is 0 Å². The summed E-state index contributed by atoms with van der Waals surface area (Å²) >= 11 is 0. The van der Waals surface area contributed by atoms with Crippen LogP contribution in [0.3, 0.4) is 0 Å². The predicted molar refractivity (Wildman–Crippen MR) is 60.2 cm³/mol. The van der Waals surface area contributed by atoms with Crippen molar-refractivity contribution in [2.24, 2.45) is 5.92 Å². The van der Waals surface area contributed by atoms with Gasteiger partial charge in [-0.25, -0.2) is 0 Å². The summed E-state index contributed by atoms with van der Waals surface area (Å²) in [5.41, 5.74) is -0.536. The molecule has 0 amide bonds. The van der Waals surface area contributed by atoms with Crippen LogP contribution in [-0.2, 0) is 0 Å². The SMILES string of the molecule is C=C(CN1CC[C@@H]2CCCC[C@@H]21)[B-](F)(F)F.[K+]. The van der Waals surface area contributed by atoms with Crippen LogP contribution in [0.15, 0.2) is 12.1 Å². The fourth-order valence-corrected chi connectivity index (χ4v) is 3.06. The first-order valence-electron chi connectivity index (χ1n) is 6.10. The summed E-state index contributed by atoms with van der Waals surface area (Å²) in [6, 6.07) is 0.392. The van der Waals surface area contributed by atoms with Crippen molar-refractivity contribution >= 4 is 6.98 Å². The van der Waals surface area contributed by atoms with Crippen LogP contribution in [0.4, 0.5) is 12.9 Å². The molecule has 0 aromatic rings. The van der Waals surface area contributed by atoms with Crippen LogP contribution >= 0.6 is 0 Å². The third kappa shape index (κ3) is 4.08. The van der Waals surface area contributed by atoms with E-state index in [9.17, 15) is 12.9 Å². The van der Waals surface area contributed by atoms with E-state index in [1.807, 2.05) is 4.90 Å². The fraction of sp³-hybridized carbons (Fsp3) is 0.818. The Morgan fingerprint density at radius 3 is 2.47 bits per heavy atom. The van der Waals surface area contributed by atoms with Crippen LogP contribution in [0.1, 0.15) is 32.1 Å². The molecule has 1 aliphatic carbocycles. The number of likely N-dealkylation sites (tertiary alicyclic amines) is 1. The summed E-state index contributed by atoms with van der Waals surface area (Å²) in [7, 11) is 0. The molecule has 0 spiro atoms. The molecule has 1 aliphatic heterocycles. The summed E-state index contributed by atoms with van der Waals surface area (Å²) in [5.74, 6) is 0.641. The van der Waals surface area contributed by atoms with Gasteiger partial charge in [0.1, 0.15) is 0 Å². The van der Waals surface area contributed by atoms with E-state index in [-0.39, 0.29) is 57.9 Å². The Morgan fingerprint density at radius 2 is 1.82 bits per heavy atom. The average molecular weight is 271 g/mol. The molecule has 17 heavy (non-hydrogen) atoms. The van der Waals surface area contributed by atoms with Gasteiger partial charge in [0, 0.05) is 6.04 Å². The Balaban J connectivity index is 0.00000144. The third-order valence-corrected chi connectivity index (χ3v) is 3.99. The van der Waals surface area contributed by atoms with E-state index in [1.165, 1.54) is 19.3 Å². The van der Waals surface area contributed by atoms with Gasteiger partial charge in [-0.3, -0.25) is 4.90 Å². The normalized spacial score (nSPS) is 29.6. The van der Waals surface area contributed by atoms with E-state index in [4.69, 9.17) is 0 Å². The van der Waals surface area contributed by atoms with Gasteiger partial charge in [0.05, 0.1) is 0 Å². The summed E-state index contributed by atoms with van der Waals surface area (Å²) < 4.78 is 37.4. The van der Waals surface area contributed by atoms with Crippen LogP contribution in [0, 0.1) is 5.92 Å². The van der Waals surface area contributed by atoms with Crippen molar-refractivity contribution < 1.29 is 64.3 Å². The molecule has 1 saturated carbocycles. The Labute approximate surface area is 144 Å². The maximum Gasteiger partial charge on any atom is 1.00 e. The van der Waals surface area contributed by atoms with Crippen LogP contribution in [0.5, 0.6) is 0 Å². The molecule has 2 aliphatic rings. The van der Waals surface area contributed by atoms with Gasteiger partial charge in [0.2, 0.25) is 0 Å². The molecule has 2 fully saturated rings. The molecule has 1 saturated heterocycles. The second-order valence-electron chi connectivity index (χ2n) is 5.10. The number of nitrogens with zero attached hydrogens (tertiary/aromatic N) is 1. The largest absolute Gasteiger partial charge is 1.00 e. The van der Waals surface area contributed by atoms with E-state index in [1.54, 1.807) is 0 Å². The Bertz CT molecular complexity index is 282. The van der Waals surface area contributed by atoms with Gasteiger partial charge in [-0.1, -0.05) is 12.8 Å². The van der Waals surface area contributed by atoms with E-state index in [2.05, 4.69) is 6.58 Å². The van der Waals surface area contributed by atoms with Gasteiger partial charge in [-0.15, -0.1) is 12.1 Å². The number of hydrogen-bond acceptors (Lipinski definition) is 1. The van der Waals surface area contributed by atoms with E-state index in [0.29, 0.717) is 12.0 Å². The molecule has 0 aromatic carbocycles. The van der Waals surface area contributed by atoms with Crippen molar-refractivity contribution in [2.75, 3.05) is 13.1 Å². The standard InChI is InChI=1S/C11H18BF3N.K/c1-9(12(13,14)15)8-16-7-6-10-4-2-3-5-11(10)16;/h10-11H,1-8H2;/q-1;+1/t10-,11-;/m0./s1. The Hall–Kier alpha value is 1.19. The molecule has 0 aromatic heterocycles. The maximum absolute atomic E-state index is 12.5. The van der Waals surface area contributed by atoms with E-state index in [0.717, 1.165) is 19.4 Å². The van der Waals surface area contributed by atoms with Crippen molar-refractivity contribution in [3.63, 3.8) is 0 Å². The summed E-state index contributed by atoms with van der Waals surface area (Å²) in [6.07, 6.45) is 5.76. The minimum Gasteiger partial charge on any atom is -0.445 e. The van der Waals surface area contributed by atoms with Crippen molar-refractivity contribution in [3.05, 3.63) is 12.1 Å². The van der Waals surface area contributed by atoms with Crippen LogP contribution < -0.4 is 51.4 Å². The van der Waals surface area contributed by atoms with Crippen molar-refractivity contribution in [1.82, 2.24) is 4.90 Å². The van der Waals surface area contributed by atoms with Gasteiger partial charge >= 0.3 is 58.4 Å². The molecule has 0 N–H and O–H groups in total. The smallest absolute Gasteiger partial charge is 0.445 e. The zero-order valence-corrected chi connectivity index (χ0v) is 13.6. The van der Waals surface area contributed by atoms with Gasteiger partial charge in [0.25, 0.3) is 0 Å². The predicted octanol–water partition coefficient (Wildman–Crippen LogP) is 0.198. The molecule has 2 rings (SSSR count). The number of halogens is 3. The number of rotatable bonds is 3. The molecule has 6 heteroatoms. The fourth-order valence-electron chi connectivity index (χ4n) is 3.06. The van der Waals surface area contributed by atoms with Gasteiger partial charge in [0.15, 0.2) is 0 Å². The quantitative estimate of drug-likeness (QED) is 0.663. The molecule has 0 radical (unpaired) electrons. The summed E-state index contributed by atoms with van der Waals surface area (Å²) in [5, 5.41) is 0. The number of fused-ring (bicyclic) bond motifs is 1. The third-order valence-electron chi connectivity index (χ3n) is 3.99. The summed E-state index contributed by atoms with van der Waals surface area (Å²) in [6.45, 7) is -0.815. The van der Waals surface area contributed by atoms with E-state index < -0.39 is 12.4 Å². The molecular weight excluding hydrogens is 253 g/mol. The maximum atomic E-state index is 12.5. The minimum atomic E-state index is -4.86. The summed E-state index contributed by atoms with van der Waals surface area (Å²) in [4.78, 5) is 2.00. The first-order chi connectivity index (χ1) is 7.48. The number of hydrogen-bond donors (Lipinski definition) is 0. The molecular formula is C11H18BF3KN. The van der Waals surface area contributed by atoms with Gasteiger partial charge < -0.3 is 12.9 Å². The Morgan fingerprint density at radius 1 is 1.18 bits per heavy atom. The molecule has 2 atom stereocenters. The zero-order chi connectivity index (χ0) is 11.8. The Kier molecular flexibility index (Phi) is 6.28. The molecule has 1 nitrogen and oxygen atoms in total. The second-order valence-corrected chi connectivity index (χ2v) is 5.10. The molecule has 92 valence electrons. The van der Waals surface area contributed by atoms with Crippen LogP contribution in [0.25, 0.3) is 0 Å². The first kappa shape index (κ1) is 16.2. The van der Waals surface area contributed by atoms with Crippen molar-refractivity contribution in [3.8, 4) is 0 Å². The van der Waals surface area contributed by atoms with Crippen LogP contribution in [-0.4, -0.2) is 31.0 Å². The van der Waals surface area contributed by atoms with Crippen molar-refractivity contribution in [2.45, 2.75) is 38.1 Å². The zero-order valence-electron chi connectivity index (χ0n) is 10.5. The van der Waals surface area contributed by atoms with Gasteiger partial charge in [-0.2, -0.15) is 0 Å². The van der Waals surface area contributed by atoms with Crippen LogP contribution in [0.2, 0.25) is 0 Å². The monoisotopic (exact) mass is 271 g/mol. The van der Waals surface area contributed by atoms with Gasteiger partial charge in [-0.05, 0) is 38.3 Å². The first-order valence-corrected chi connectivity index (χ1v) is 6.10.